The molecule has 0 bridgehead atoms. The molecule has 0 aliphatic rings. The molecule has 1 N–H and O–H groups in total. The highest BCUT2D eigenvalue weighted by Gasteiger charge is 2.13. The zero-order chi connectivity index (χ0) is 20.8. The van der Waals surface area contributed by atoms with Crippen LogP contribution in [0.3, 0.4) is 0 Å². The second kappa shape index (κ2) is 9.39. The van der Waals surface area contributed by atoms with E-state index in [4.69, 9.17) is 4.98 Å². The van der Waals surface area contributed by atoms with Gasteiger partial charge in [-0.1, -0.05) is 57.0 Å². The normalized spacial score (nSPS) is 11.1. The summed E-state index contributed by atoms with van der Waals surface area (Å²) in [5, 5.41) is 18.8. The highest BCUT2D eigenvalue weighted by molar-refractivity contribution is 5.77. The Labute approximate surface area is 175 Å². The van der Waals surface area contributed by atoms with Gasteiger partial charge >= 0.3 is 0 Å². The molecule has 4 rings (SSSR count). The molecule has 0 spiro atoms. The number of hydrogen-bond acceptors (Lipinski definition) is 6. The average molecular weight is 403 g/mol. The summed E-state index contributed by atoms with van der Waals surface area (Å²) in [5.41, 5.74) is 3.99. The monoisotopic (exact) mass is 402 g/mol. The van der Waals surface area contributed by atoms with Gasteiger partial charge in [0.2, 0.25) is 0 Å². The molecule has 0 amide bonds. The maximum absolute atomic E-state index is 4.75. The first-order valence-corrected chi connectivity index (χ1v) is 10.5. The van der Waals surface area contributed by atoms with Crippen LogP contribution in [0.25, 0.3) is 22.6 Å². The van der Waals surface area contributed by atoms with Gasteiger partial charge in [-0.25, -0.2) is 14.8 Å². The van der Waals surface area contributed by atoms with Crippen molar-refractivity contribution in [2.45, 2.75) is 52.5 Å². The molecule has 8 heteroatoms. The summed E-state index contributed by atoms with van der Waals surface area (Å²) in [4.78, 5) is 9.20. The molecule has 154 valence electrons. The number of H-pyrrole nitrogens is 1. The zero-order valence-corrected chi connectivity index (χ0v) is 17.4. The summed E-state index contributed by atoms with van der Waals surface area (Å²) in [6, 6.07) is 12.4. The molecule has 30 heavy (non-hydrogen) atoms. The van der Waals surface area contributed by atoms with Crippen LogP contribution in [0.2, 0.25) is 0 Å². The van der Waals surface area contributed by atoms with Crippen molar-refractivity contribution < 1.29 is 0 Å². The van der Waals surface area contributed by atoms with Crippen LogP contribution in [-0.4, -0.2) is 40.4 Å². The number of hydrogen-bond donors (Lipinski definition) is 1. The van der Waals surface area contributed by atoms with Crippen molar-refractivity contribution in [3.8, 4) is 22.6 Å². The number of aromatic nitrogens is 8. The molecule has 0 aliphatic carbocycles. The number of unbranched alkanes of at least 4 members (excludes halogenated alkanes) is 2. The fourth-order valence-corrected chi connectivity index (χ4v) is 3.47. The van der Waals surface area contributed by atoms with E-state index in [2.05, 4.69) is 73.5 Å². The fourth-order valence-electron chi connectivity index (χ4n) is 3.47. The zero-order valence-electron chi connectivity index (χ0n) is 17.4. The lowest BCUT2D eigenvalue weighted by molar-refractivity contribution is 0.531. The van der Waals surface area contributed by atoms with Gasteiger partial charge in [0.1, 0.15) is 11.5 Å². The average Bonchev–Trinajstić information content (AvgIpc) is 3.45. The van der Waals surface area contributed by atoms with Crippen molar-refractivity contribution in [2.75, 3.05) is 0 Å². The highest BCUT2D eigenvalue weighted by Crippen LogP contribution is 2.28. The summed E-state index contributed by atoms with van der Waals surface area (Å²) >= 11 is 0. The van der Waals surface area contributed by atoms with Gasteiger partial charge in [-0.3, -0.25) is 4.98 Å². The van der Waals surface area contributed by atoms with E-state index in [1.165, 1.54) is 18.4 Å². The van der Waals surface area contributed by atoms with E-state index >= 15 is 0 Å². The van der Waals surface area contributed by atoms with Gasteiger partial charge in [-0.15, -0.1) is 5.10 Å². The molecule has 0 saturated carbocycles. The molecule has 0 radical (unpaired) electrons. The third kappa shape index (κ3) is 4.42. The van der Waals surface area contributed by atoms with Gasteiger partial charge in [-0.2, -0.15) is 5.10 Å². The van der Waals surface area contributed by atoms with Crippen LogP contribution in [0.4, 0.5) is 0 Å². The SMILES string of the molecule is CCCCCn1nc(CC)nc1Cc1ccc(-c2cccnc2-c2nnn[nH]2)cc1. The Hall–Kier alpha value is -3.42. The summed E-state index contributed by atoms with van der Waals surface area (Å²) in [6.45, 7) is 5.24. The first-order valence-electron chi connectivity index (χ1n) is 10.5. The van der Waals surface area contributed by atoms with Crippen LogP contribution in [-0.2, 0) is 19.4 Å². The number of tetrazole rings is 1. The second-order valence-corrected chi connectivity index (χ2v) is 7.25. The Morgan fingerprint density at radius 1 is 1.03 bits per heavy atom. The number of benzene rings is 1. The van der Waals surface area contributed by atoms with E-state index in [1.54, 1.807) is 6.20 Å². The highest BCUT2D eigenvalue weighted by atomic mass is 15.5. The van der Waals surface area contributed by atoms with Gasteiger partial charge < -0.3 is 0 Å². The Kier molecular flexibility index (Phi) is 6.22. The molecular weight excluding hydrogens is 376 g/mol. The van der Waals surface area contributed by atoms with Crippen LogP contribution >= 0.6 is 0 Å². The molecule has 0 atom stereocenters. The number of rotatable bonds is 9. The summed E-state index contributed by atoms with van der Waals surface area (Å²) < 4.78 is 2.08. The second-order valence-electron chi connectivity index (χ2n) is 7.25. The van der Waals surface area contributed by atoms with Crippen molar-refractivity contribution in [3.63, 3.8) is 0 Å². The molecule has 3 heterocycles. The molecule has 0 saturated heterocycles. The number of nitrogens with one attached hydrogen (secondary N) is 1. The van der Waals surface area contributed by atoms with Gasteiger partial charge in [0, 0.05) is 31.1 Å². The minimum absolute atomic E-state index is 0.557. The summed E-state index contributed by atoms with van der Waals surface area (Å²) in [6.07, 6.45) is 6.91. The van der Waals surface area contributed by atoms with Crippen LogP contribution in [0.5, 0.6) is 0 Å². The summed E-state index contributed by atoms with van der Waals surface area (Å²) in [5.74, 6) is 2.51. The quantitative estimate of drug-likeness (QED) is 0.427. The van der Waals surface area contributed by atoms with E-state index in [0.717, 1.165) is 54.3 Å². The first-order chi connectivity index (χ1) is 14.8. The van der Waals surface area contributed by atoms with Gasteiger partial charge in [0.25, 0.3) is 0 Å². The van der Waals surface area contributed by atoms with E-state index in [0.29, 0.717) is 5.82 Å². The van der Waals surface area contributed by atoms with Crippen LogP contribution in [0.1, 0.15) is 50.3 Å². The number of aryl methyl sites for hydroxylation is 2. The minimum atomic E-state index is 0.557. The molecule has 0 fully saturated rings. The molecule has 0 aliphatic heterocycles. The molecule has 4 aromatic rings. The van der Waals surface area contributed by atoms with Crippen LogP contribution < -0.4 is 0 Å². The summed E-state index contributed by atoms with van der Waals surface area (Å²) in [7, 11) is 0. The lowest BCUT2D eigenvalue weighted by atomic mass is 10.0. The number of nitrogens with zero attached hydrogens (tertiary/aromatic N) is 7. The third-order valence-corrected chi connectivity index (χ3v) is 5.09. The largest absolute Gasteiger partial charge is 0.252 e. The van der Waals surface area contributed by atoms with Crippen LogP contribution in [0.15, 0.2) is 42.6 Å². The predicted octanol–water partition coefficient (Wildman–Crippen LogP) is 3.86. The van der Waals surface area contributed by atoms with Gasteiger partial charge in [-0.05, 0) is 34.0 Å². The van der Waals surface area contributed by atoms with Gasteiger partial charge in [0.15, 0.2) is 11.6 Å². The minimum Gasteiger partial charge on any atom is -0.252 e. The maximum Gasteiger partial charge on any atom is 0.198 e. The van der Waals surface area contributed by atoms with Crippen LogP contribution in [0, 0.1) is 0 Å². The molecule has 3 aromatic heterocycles. The topological polar surface area (TPSA) is 98.1 Å². The standard InChI is InChI=1S/C22H26N8/c1-3-5-6-14-30-20(24-19(4-2)27-30)15-16-9-11-17(12-10-16)18-8-7-13-23-21(18)22-25-28-29-26-22/h7-13H,3-6,14-15H2,1-2H3,(H,25,26,28,29). The van der Waals surface area contributed by atoms with Crippen molar-refractivity contribution in [1.82, 2.24) is 40.4 Å². The predicted molar refractivity (Wildman–Crippen MR) is 115 cm³/mol. The van der Waals surface area contributed by atoms with Crippen molar-refractivity contribution in [3.05, 3.63) is 59.8 Å². The van der Waals surface area contributed by atoms with Crippen molar-refractivity contribution >= 4 is 0 Å². The Morgan fingerprint density at radius 2 is 1.90 bits per heavy atom. The molecule has 0 unspecified atom stereocenters. The van der Waals surface area contributed by atoms with Crippen molar-refractivity contribution in [2.24, 2.45) is 0 Å². The smallest absolute Gasteiger partial charge is 0.198 e. The van der Waals surface area contributed by atoms with Crippen molar-refractivity contribution in [1.29, 1.82) is 0 Å². The van der Waals surface area contributed by atoms with Gasteiger partial charge in [0.05, 0.1) is 0 Å². The fraction of sp³-hybridized carbons (Fsp3) is 0.364. The Bertz CT molecular complexity index is 1070. The van der Waals surface area contributed by atoms with E-state index in [-0.39, 0.29) is 0 Å². The molecule has 1 aromatic carbocycles. The Morgan fingerprint density at radius 3 is 2.63 bits per heavy atom. The van der Waals surface area contributed by atoms with E-state index in [9.17, 15) is 0 Å². The molecule has 8 nitrogen and oxygen atoms in total. The lowest BCUT2D eigenvalue weighted by Crippen LogP contribution is -2.06. The third-order valence-electron chi connectivity index (χ3n) is 5.09. The Balaban J connectivity index is 1.55. The van der Waals surface area contributed by atoms with E-state index in [1.807, 2.05) is 12.1 Å². The van der Waals surface area contributed by atoms with E-state index < -0.39 is 0 Å². The number of aromatic amines is 1. The maximum atomic E-state index is 4.75. The molecular formula is C22H26N8. The lowest BCUT2D eigenvalue weighted by Gasteiger charge is -2.08. The first kappa shape index (κ1) is 19.9. The number of pyridine rings is 1.